The van der Waals surface area contributed by atoms with Gasteiger partial charge in [0.05, 0.1) is 11.0 Å². The highest BCUT2D eigenvalue weighted by Gasteiger charge is 2.13. The van der Waals surface area contributed by atoms with E-state index in [1.807, 2.05) is 0 Å². The minimum absolute atomic E-state index is 0.229. The molecule has 0 fully saturated rings. The SMILES string of the molecule is Fc1ccc2c(c1)nc1n2CCCN1. The number of aromatic nitrogens is 2. The van der Waals surface area contributed by atoms with Crippen molar-refractivity contribution < 1.29 is 4.39 Å². The van der Waals surface area contributed by atoms with Crippen LogP contribution in [-0.2, 0) is 6.54 Å². The molecule has 4 heteroatoms. The maximum absolute atomic E-state index is 12.9. The third-order valence-corrected chi connectivity index (χ3v) is 2.55. The number of aryl methyl sites for hydroxylation is 1. The molecule has 72 valence electrons. The Morgan fingerprint density at radius 1 is 1.43 bits per heavy atom. The number of hydrogen-bond acceptors (Lipinski definition) is 2. The van der Waals surface area contributed by atoms with Gasteiger partial charge in [-0.3, -0.25) is 0 Å². The van der Waals surface area contributed by atoms with Crippen molar-refractivity contribution in [1.82, 2.24) is 9.55 Å². The summed E-state index contributed by atoms with van der Waals surface area (Å²) in [5.74, 6) is 0.629. The summed E-state index contributed by atoms with van der Waals surface area (Å²) in [4.78, 5) is 4.33. The number of anilines is 1. The standard InChI is InChI=1S/C10H10FN3/c11-7-2-3-9-8(6-7)13-10-12-4-1-5-14(9)10/h2-3,6H,1,4-5H2,(H,12,13). The van der Waals surface area contributed by atoms with Gasteiger partial charge in [0.15, 0.2) is 0 Å². The van der Waals surface area contributed by atoms with E-state index in [4.69, 9.17) is 0 Å². The highest BCUT2D eigenvalue weighted by molar-refractivity contribution is 5.78. The number of hydrogen-bond donors (Lipinski definition) is 1. The topological polar surface area (TPSA) is 29.9 Å². The van der Waals surface area contributed by atoms with E-state index in [-0.39, 0.29) is 5.82 Å². The van der Waals surface area contributed by atoms with Gasteiger partial charge in [-0.25, -0.2) is 9.37 Å². The Morgan fingerprint density at radius 3 is 3.29 bits per heavy atom. The second kappa shape index (κ2) is 2.70. The van der Waals surface area contributed by atoms with E-state index in [2.05, 4.69) is 14.9 Å². The van der Waals surface area contributed by atoms with Gasteiger partial charge in [-0.15, -0.1) is 0 Å². The molecule has 0 saturated carbocycles. The number of halogens is 1. The maximum Gasteiger partial charge on any atom is 0.203 e. The third-order valence-electron chi connectivity index (χ3n) is 2.55. The Kier molecular flexibility index (Phi) is 1.50. The van der Waals surface area contributed by atoms with Gasteiger partial charge in [0.25, 0.3) is 0 Å². The van der Waals surface area contributed by atoms with Gasteiger partial charge in [0.2, 0.25) is 5.95 Å². The fraction of sp³-hybridized carbons (Fsp3) is 0.300. The molecule has 0 aliphatic carbocycles. The number of imidazole rings is 1. The summed E-state index contributed by atoms with van der Waals surface area (Å²) >= 11 is 0. The van der Waals surface area contributed by atoms with Crippen LogP contribution in [0.5, 0.6) is 0 Å². The van der Waals surface area contributed by atoms with Crippen LogP contribution in [0.25, 0.3) is 11.0 Å². The van der Waals surface area contributed by atoms with Gasteiger partial charge < -0.3 is 9.88 Å². The fourth-order valence-electron chi connectivity index (χ4n) is 1.90. The van der Waals surface area contributed by atoms with Crippen molar-refractivity contribution in [2.24, 2.45) is 0 Å². The summed E-state index contributed by atoms with van der Waals surface area (Å²) in [6.07, 6.45) is 1.09. The Balaban J connectivity index is 2.31. The molecular weight excluding hydrogens is 181 g/mol. The molecule has 3 rings (SSSR count). The summed E-state index contributed by atoms with van der Waals surface area (Å²) in [6.45, 7) is 1.91. The van der Waals surface area contributed by atoms with Crippen LogP contribution in [0.1, 0.15) is 6.42 Å². The number of benzene rings is 1. The highest BCUT2D eigenvalue weighted by atomic mass is 19.1. The smallest absolute Gasteiger partial charge is 0.203 e. The Bertz CT molecular complexity index is 489. The van der Waals surface area contributed by atoms with Crippen LogP contribution in [0.15, 0.2) is 18.2 Å². The zero-order valence-electron chi connectivity index (χ0n) is 7.63. The molecule has 0 saturated heterocycles. The lowest BCUT2D eigenvalue weighted by Crippen LogP contribution is -2.16. The monoisotopic (exact) mass is 191 g/mol. The highest BCUT2D eigenvalue weighted by Crippen LogP contribution is 2.23. The molecule has 1 aromatic heterocycles. The van der Waals surface area contributed by atoms with Crippen LogP contribution < -0.4 is 5.32 Å². The first-order chi connectivity index (χ1) is 6.84. The Morgan fingerprint density at radius 2 is 2.36 bits per heavy atom. The van der Waals surface area contributed by atoms with E-state index in [1.54, 1.807) is 6.07 Å². The predicted molar refractivity (Wildman–Crippen MR) is 52.8 cm³/mol. The Hall–Kier alpha value is -1.58. The first kappa shape index (κ1) is 7.79. The zero-order chi connectivity index (χ0) is 9.54. The molecule has 2 heterocycles. The number of rotatable bonds is 0. The fourth-order valence-corrected chi connectivity index (χ4v) is 1.90. The van der Waals surface area contributed by atoms with Crippen LogP contribution in [-0.4, -0.2) is 16.1 Å². The average molecular weight is 191 g/mol. The second-order valence-corrected chi connectivity index (χ2v) is 3.50. The van der Waals surface area contributed by atoms with Crippen molar-refractivity contribution in [2.75, 3.05) is 11.9 Å². The van der Waals surface area contributed by atoms with E-state index >= 15 is 0 Å². The quantitative estimate of drug-likeness (QED) is 0.690. The van der Waals surface area contributed by atoms with Crippen LogP contribution in [0.3, 0.4) is 0 Å². The van der Waals surface area contributed by atoms with Gasteiger partial charge in [0, 0.05) is 19.2 Å². The molecule has 1 aliphatic rings. The van der Waals surface area contributed by atoms with Crippen molar-refractivity contribution >= 4 is 17.0 Å². The molecule has 0 spiro atoms. The van der Waals surface area contributed by atoms with Crippen molar-refractivity contribution in [3.63, 3.8) is 0 Å². The van der Waals surface area contributed by atoms with Crippen LogP contribution in [0.4, 0.5) is 10.3 Å². The van der Waals surface area contributed by atoms with Crippen molar-refractivity contribution in [3.05, 3.63) is 24.0 Å². The lowest BCUT2D eigenvalue weighted by molar-refractivity contribution is 0.628. The molecule has 0 amide bonds. The lowest BCUT2D eigenvalue weighted by Gasteiger charge is -2.15. The minimum atomic E-state index is -0.229. The normalized spacial score (nSPS) is 15.2. The number of nitrogens with zero attached hydrogens (tertiary/aromatic N) is 2. The van der Waals surface area contributed by atoms with Crippen LogP contribution in [0.2, 0.25) is 0 Å². The van der Waals surface area contributed by atoms with Gasteiger partial charge in [-0.05, 0) is 18.6 Å². The second-order valence-electron chi connectivity index (χ2n) is 3.50. The van der Waals surface area contributed by atoms with E-state index in [1.165, 1.54) is 12.1 Å². The molecule has 2 aromatic rings. The zero-order valence-corrected chi connectivity index (χ0v) is 7.63. The molecule has 1 aliphatic heterocycles. The van der Waals surface area contributed by atoms with Gasteiger partial charge in [-0.1, -0.05) is 0 Å². The van der Waals surface area contributed by atoms with Crippen LogP contribution in [0, 0.1) is 5.82 Å². The number of nitrogens with one attached hydrogen (secondary N) is 1. The van der Waals surface area contributed by atoms with Gasteiger partial charge in [0.1, 0.15) is 5.82 Å². The first-order valence-corrected chi connectivity index (χ1v) is 4.74. The molecular formula is C10H10FN3. The van der Waals surface area contributed by atoms with Gasteiger partial charge in [-0.2, -0.15) is 0 Å². The molecule has 3 nitrogen and oxygen atoms in total. The van der Waals surface area contributed by atoms with E-state index in [9.17, 15) is 4.39 Å². The molecule has 1 aromatic carbocycles. The maximum atomic E-state index is 12.9. The summed E-state index contributed by atoms with van der Waals surface area (Å²) < 4.78 is 15.0. The third kappa shape index (κ3) is 0.999. The molecule has 14 heavy (non-hydrogen) atoms. The minimum Gasteiger partial charge on any atom is -0.356 e. The van der Waals surface area contributed by atoms with Crippen molar-refractivity contribution in [2.45, 2.75) is 13.0 Å². The molecule has 0 unspecified atom stereocenters. The molecule has 1 N–H and O–H groups in total. The molecule has 0 atom stereocenters. The summed E-state index contributed by atoms with van der Waals surface area (Å²) in [7, 11) is 0. The summed E-state index contributed by atoms with van der Waals surface area (Å²) in [5, 5.41) is 3.20. The first-order valence-electron chi connectivity index (χ1n) is 4.74. The average Bonchev–Trinajstić information content (AvgIpc) is 2.54. The predicted octanol–water partition coefficient (Wildman–Crippen LogP) is 1.99. The summed E-state index contributed by atoms with van der Waals surface area (Å²) in [5.41, 5.74) is 1.74. The van der Waals surface area contributed by atoms with E-state index < -0.39 is 0 Å². The molecule has 0 radical (unpaired) electrons. The summed E-state index contributed by atoms with van der Waals surface area (Å²) in [6, 6.07) is 4.74. The van der Waals surface area contributed by atoms with Crippen molar-refractivity contribution in [3.8, 4) is 0 Å². The Labute approximate surface area is 80.6 Å². The van der Waals surface area contributed by atoms with Crippen LogP contribution >= 0.6 is 0 Å². The lowest BCUT2D eigenvalue weighted by atomic mass is 10.3. The molecule has 0 bridgehead atoms. The van der Waals surface area contributed by atoms with E-state index in [0.29, 0.717) is 0 Å². The van der Waals surface area contributed by atoms with Crippen molar-refractivity contribution in [1.29, 1.82) is 0 Å². The largest absolute Gasteiger partial charge is 0.356 e. The van der Waals surface area contributed by atoms with E-state index in [0.717, 1.165) is 36.5 Å². The number of fused-ring (bicyclic) bond motifs is 3. The van der Waals surface area contributed by atoms with Gasteiger partial charge >= 0.3 is 0 Å².